The Morgan fingerprint density at radius 3 is 2.18 bits per heavy atom. The molecule has 1 atom stereocenters. The van der Waals surface area contributed by atoms with E-state index >= 15 is 0 Å². The monoisotopic (exact) mass is 319 g/mol. The highest BCUT2D eigenvalue weighted by atomic mass is 35.5. The maximum atomic E-state index is 13.0. The van der Waals surface area contributed by atoms with Crippen LogP contribution in [0.4, 0.5) is 4.39 Å². The first kappa shape index (κ1) is 16.5. The van der Waals surface area contributed by atoms with E-state index in [9.17, 15) is 9.18 Å². The molecule has 1 amide bonds. The fraction of sp³-hybridized carbons (Fsp3) is 0.278. The number of hydrogen-bond acceptors (Lipinski definition) is 1. The second kappa shape index (κ2) is 6.93. The lowest BCUT2D eigenvalue weighted by atomic mass is 9.99. The Labute approximate surface area is 135 Å². The Bertz CT molecular complexity index is 667. The lowest BCUT2D eigenvalue weighted by Gasteiger charge is -2.16. The van der Waals surface area contributed by atoms with Crippen molar-refractivity contribution in [2.24, 2.45) is 0 Å². The number of carbonyl (C=O) groups excluding carboxylic acids is 1. The molecule has 0 saturated carbocycles. The van der Waals surface area contributed by atoms with Gasteiger partial charge in [-0.1, -0.05) is 49.7 Å². The third-order valence-corrected chi connectivity index (χ3v) is 3.94. The molecule has 0 fully saturated rings. The Kier molecular flexibility index (Phi) is 5.19. The van der Waals surface area contributed by atoms with Crippen molar-refractivity contribution in [3.8, 4) is 0 Å². The molecule has 0 saturated heterocycles. The fourth-order valence-corrected chi connectivity index (χ4v) is 2.45. The van der Waals surface area contributed by atoms with Gasteiger partial charge in [-0.3, -0.25) is 4.79 Å². The molecule has 0 aliphatic rings. The van der Waals surface area contributed by atoms with Gasteiger partial charge < -0.3 is 5.32 Å². The SMILES string of the molecule is CC(C)c1ccc(C(C)NC(=O)c2ccc(F)cc2Cl)cc1. The number of halogens is 2. The average molecular weight is 320 g/mol. The molecule has 0 heterocycles. The van der Waals surface area contributed by atoms with Gasteiger partial charge in [0.2, 0.25) is 0 Å². The molecule has 0 radical (unpaired) electrons. The highest BCUT2D eigenvalue weighted by Crippen LogP contribution is 2.21. The summed E-state index contributed by atoms with van der Waals surface area (Å²) in [5.74, 6) is -0.304. The number of amides is 1. The van der Waals surface area contributed by atoms with E-state index in [4.69, 9.17) is 11.6 Å². The number of benzene rings is 2. The number of nitrogens with one attached hydrogen (secondary N) is 1. The third kappa shape index (κ3) is 3.86. The van der Waals surface area contributed by atoms with Gasteiger partial charge in [0.1, 0.15) is 5.82 Å². The van der Waals surface area contributed by atoms with E-state index in [1.54, 1.807) is 0 Å². The second-order valence-corrected chi connectivity index (χ2v) is 6.05. The summed E-state index contributed by atoms with van der Waals surface area (Å²) in [6.07, 6.45) is 0. The lowest BCUT2D eigenvalue weighted by molar-refractivity contribution is 0.0940. The maximum absolute atomic E-state index is 13.0. The van der Waals surface area contributed by atoms with E-state index in [1.807, 2.05) is 19.1 Å². The lowest BCUT2D eigenvalue weighted by Crippen LogP contribution is -2.26. The molecule has 1 N–H and O–H groups in total. The Balaban J connectivity index is 2.10. The summed E-state index contributed by atoms with van der Waals surface area (Å²) < 4.78 is 13.0. The predicted molar refractivity (Wildman–Crippen MR) is 87.8 cm³/mol. The van der Waals surface area contributed by atoms with E-state index in [0.717, 1.165) is 11.6 Å². The van der Waals surface area contributed by atoms with E-state index in [1.165, 1.54) is 17.7 Å². The van der Waals surface area contributed by atoms with Gasteiger partial charge in [-0.25, -0.2) is 4.39 Å². The summed E-state index contributed by atoms with van der Waals surface area (Å²) >= 11 is 5.91. The quantitative estimate of drug-likeness (QED) is 0.835. The largest absolute Gasteiger partial charge is 0.345 e. The molecule has 4 heteroatoms. The smallest absolute Gasteiger partial charge is 0.253 e. The summed E-state index contributed by atoms with van der Waals surface area (Å²) in [5, 5.41) is 2.99. The van der Waals surface area contributed by atoms with Crippen molar-refractivity contribution in [2.75, 3.05) is 0 Å². The summed E-state index contributed by atoms with van der Waals surface area (Å²) in [6, 6.07) is 11.7. The molecule has 2 rings (SSSR count). The van der Waals surface area contributed by atoms with Gasteiger partial charge in [0.05, 0.1) is 16.6 Å². The highest BCUT2D eigenvalue weighted by Gasteiger charge is 2.15. The first-order valence-corrected chi connectivity index (χ1v) is 7.62. The normalized spacial score (nSPS) is 12.3. The summed E-state index contributed by atoms with van der Waals surface area (Å²) in [7, 11) is 0. The summed E-state index contributed by atoms with van der Waals surface area (Å²) in [5.41, 5.74) is 2.54. The molecular weight excluding hydrogens is 301 g/mol. The number of hydrogen-bond donors (Lipinski definition) is 1. The standard InChI is InChI=1S/C18H19ClFNO/c1-11(2)13-4-6-14(7-5-13)12(3)21-18(22)16-9-8-15(20)10-17(16)19/h4-12H,1-3H3,(H,21,22). The maximum Gasteiger partial charge on any atom is 0.253 e. The van der Waals surface area contributed by atoms with Crippen LogP contribution in [0.15, 0.2) is 42.5 Å². The molecule has 22 heavy (non-hydrogen) atoms. The van der Waals surface area contributed by atoms with Gasteiger partial charge in [-0.15, -0.1) is 0 Å². The van der Waals surface area contributed by atoms with Crippen LogP contribution in [0.25, 0.3) is 0 Å². The Morgan fingerprint density at radius 1 is 1.05 bits per heavy atom. The minimum Gasteiger partial charge on any atom is -0.345 e. The molecule has 0 spiro atoms. The molecule has 0 bridgehead atoms. The minimum absolute atomic E-state index is 0.111. The van der Waals surface area contributed by atoms with Crippen molar-refractivity contribution in [3.05, 3.63) is 70.0 Å². The van der Waals surface area contributed by atoms with E-state index in [-0.39, 0.29) is 22.5 Å². The first-order valence-electron chi connectivity index (χ1n) is 7.24. The van der Waals surface area contributed by atoms with Gasteiger partial charge in [-0.2, -0.15) is 0 Å². The zero-order valence-corrected chi connectivity index (χ0v) is 13.6. The van der Waals surface area contributed by atoms with Crippen molar-refractivity contribution in [3.63, 3.8) is 0 Å². The van der Waals surface area contributed by atoms with E-state index in [2.05, 4.69) is 31.3 Å². The van der Waals surface area contributed by atoms with Gasteiger partial charge >= 0.3 is 0 Å². The highest BCUT2D eigenvalue weighted by molar-refractivity contribution is 6.33. The topological polar surface area (TPSA) is 29.1 Å². The fourth-order valence-electron chi connectivity index (χ4n) is 2.20. The second-order valence-electron chi connectivity index (χ2n) is 5.64. The van der Waals surface area contributed by atoms with Crippen molar-refractivity contribution in [1.29, 1.82) is 0 Å². The van der Waals surface area contributed by atoms with Crippen LogP contribution in [0.5, 0.6) is 0 Å². The molecule has 1 unspecified atom stereocenters. The zero-order valence-electron chi connectivity index (χ0n) is 12.9. The van der Waals surface area contributed by atoms with Gasteiger partial charge in [-0.05, 0) is 42.2 Å². The van der Waals surface area contributed by atoms with Crippen molar-refractivity contribution >= 4 is 17.5 Å². The molecule has 116 valence electrons. The van der Waals surface area contributed by atoms with Gasteiger partial charge in [0.25, 0.3) is 5.91 Å². The first-order chi connectivity index (χ1) is 10.4. The van der Waals surface area contributed by atoms with E-state index < -0.39 is 5.82 Å². The summed E-state index contributed by atoms with van der Waals surface area (Å²) in [4.78, 5) is 12.2. The van der Waals surface area contributed by atoms with Crippen LogP contribution in [-0.2, 0) is 0 Å². The van der Waals surface area contributed by atoms with E-state index in [0.29, 0.717) is 5.92 Å². The Morgan fingerprint density at radius 2 is 1.64 bits per heavy atom. The molecular formula is C18H19ClFNO. The predicted octanol–water partition coefficient (Wildman–Crippen LogP) is 5.09. The average Bonchev–Trinajstić information content (AvgIpc) is 2.47. The van der Waals surface area contributed by atoms with Gasteiger partial charge in [0, 0.05) is 0 Å². The Hall–Kier alpha value is -1.87. The summed E-state index contributed by atoms with van der Waals surface area (Å²) in [6.45, 7) is 6.17. The number of carbonyl (C=O) groups is 1. The minimum atomic E-state index is -0.459. The molecule has 2 aromatic carbocycles. The molecule has 0 aliphatic carbocycles. The van der Waals surface area contributed by atoms with Crippen LogP contribution in [0.3, 0.4) is 0 Å². The van der Waals surface area contributed by atoms with Crippen molar-refractivity contribution in [1.82, 2.24) is 5.32 Å². The van der Waals surface area contributed by atoms with Gasteiger partial charge in [0.15, 0.2) is 0 Å². The molecule has 2 aromatic rings. The number of rotatable bonds is 4. The molecule has 0 aromatic heterocycles. The zero-order chi connectivity index (χ0) is 16.3. The molecule has 0 aliphatic heterocycles. The van der Waals surface area contributed by atoms with Crippen LogP contribution in [0, 0.1) is 5.82 Å². The van der Waals surface area contributed by atoms with Crippen molar-refractivity contribution < 1.29 is 9.18 Å². The van der Waals surface area contributed by atoms with Crippen LogP contribution >= 0.6 is 11.6 Å². The van der Waals surface area contributed by atoms with Crippen LogP contribution in [-0.4, -0.2) is 5.91 Å². The third-order valence-electron chi connectivity index (χ3n) is 3.63. The van der Waals surface area contributed by atoms with Crippen LogP contribution in [0.1, 0.15) is 54.2 Å². The van der Waals surface area contributed by atoms with Crippen LogP contribution in [0.2, 0.25) is 5.02 Å². The molecule has 2 nitrogen and oxygen atoms in total. The van der Waals surface area contributed by atoms with Crippen LogP contribution < -0.4 is 5.32 Å². The van der Waals surface area contributed by atoms with Crippen molar-refractivity contribution in [2.45, 2.75) is 32.7 Å².